The van der Waals surface area contributed by atoms with Gasteiger partial charge in [-0.3, -0.25) is 4.79 Å². The summed E-state index contributed by atoms with van der Waals surface area (Å²) in [6.45, 7) is 0. The number of amides is 1. The lowest BCUT2D eigenvalue weighted by molar-refractivity contribution is 0.0990. The zero-order valence-corrected chi connectivity index (χ0v) is 11.2. The molecule has 0 fully saturated rings. The third-order valence-corrected chi connectivity index (χ3v) is 2.96. The summed E-state index contributed by atoms with van der Waals surface area (Å²) in [5.41, 5.74) is 0.660. The van der Waals surface area contributed by atoms with Gasteiger partial charge in [0.1, 0.15) is 17.2 Å². The van der Waals surface area contributed by atoms with E-state index in [4.69, 9.17) is 4.74 Å². The Kier molecular flexibility index (Phi) is 3.79. The van der Waals surface area contributed by atoms with Crippen LogP contribution < -0.4 is 9.64 Å². The molecule has 0 saturated heterocycles. The summed E-state index contributed by atoms with van der Waals surface area (Å²) >= 11 is 0. The maximum absolute atomic E-state index is 12.3. The molecule has 0 spiro atoms. The maximum Gasteiger partial charge on any atom is 0.261 e. The minimum atomic E-state index is -0.424. The minimum Gasteiger partial charge on any atom is -0.508 e. The van der Waals surface area contributed by atoms with E-state index in [1.807, 2.05) is 0 Å². The second-order valence-corrected chi connectivity index (χ2v) is 4.27. The largest absolute Gasteiger partial charge is 0.508 e. The molecule has 104 valence electrons. The smallest absolute Gasteiger partial charge is 0.261 e. The Morgan fingerprint density at radius 3 is 2.60 bits per heavy atom. The molecule has 0 atom stereocenters. The molecule has 0 aliphatic carbocycles. The Morgan fingerprint density at radius 2 is 1.90 bits per heavy atom. The van der Waals surface area contributed by atoms with Crippen molar-refractivity contribution in [2.45, 2.75) is 0 Å². The van der Waals surface area contributed by atoms with Crippen molar-refractivity contribution in [2.24, 2.45) is 0 Å². The molecular formula is C15H15NO4. The van der Waals surface area contributed by atoms with Crippen molar-refractivity contribution in [1.29, 1.82) is 0 Å². The van der Waals surface area contributed by atoms with Crippen LogP contribution in [-0.4, -0.2) is 30.3 Å². The van der Waals surface area contributed by atoms with Gasteiger partial charge in [-0.2, -0.15) is 0 Å². The first-order chi connectivity index (χ1) is 9.52. The first kappa shape index (κ1) is 13.7. The van der Waals surface area contributed by atoms with Gasteiger partial charge < -0.3 is 19.8 Å². The van der Waals surface area contributed by atoms with Crippen LogP contribution in [0.1, 0.15) is 10.4 Å². The maximum atomic E-state index is 12.3. The van der Waals surface area contributed by atoms with Crippen molar-refractivity contribution in [3.8, 4) is 17.2 Å². The first-order valence-corrected chi connectivity index (χ1v) is 5.97. The van der Waals surface area contributed by atoms with E-state index < -0.39 is 5.91 Å². The van der Waals surface area contributed by atoms with Crippen LogP contribution in [0.15, 0.2) is 42.5 Å². The fourth-order valence-corrected chi connectivity index (χ4v) is 1.81. The zero-order chi connectivity index (χ0) is 14.7. The van der Waals surface area contributed by atoms with Gasteiger partial charge in [-0.15, -0.1) is 0 Å². The summed E-state index contributed by atoms with van der Waals surface area (Å²) in [5.74, 6) is -0.0540. The summed E-state index contributed by atoms with van der Waals surface area (Å²) < 4.78 is 5.11. The van der Waals surface area contributed by atoms with Gasteiger partial charge in [0.25, 0.3) is 5.91 Å². The number of carbonyl (C=O) groups excluding carboxylic acids is 1. The first-order valence-electron chi connectivity index (χ1n) is 5.97. The third-order valence-electron chi connectivity index (χ3n) is 2.96. The van der Waals surface area contributed by atoms with Gasteiger partial charge in [0.15, 0.2) is 0 Å². The van der Waals surface area contributed by atoms with Gasteiger partial charge in [0, 0.05) is 18.8 Å². The van der Waals surface area contributed by atoms with E-state index in [0.29, 0.717) is 11.4 Å². The highest BCUT2D eigenvalue weighted by Gasteiger charge is 2.18. The van der Waals surface area contributed by atoms with Crippen LogP contribution >= 0.6 is 0 Å². The predicted octanol–water partition coefficient (Wildman–Crippen LogP) is 2.38. The highest BCUT2D eigenvalue weighted by Crippen LogP contribution is 2.26. The molecule has 0 aliphatic heterocycles. The molecule has 5 nitrogen and oxygen atoms in total. The fourth-order valence-electron chi connectivity index (χ4n) is 1.81. The summed E-state index contributed by atoms with van der Waals surface area (Å²) in [7, 11) is 3.13. The van der Waals surface area contributed by atoms with Gasteiger partial charge >= 0.3 is 0 Å². The number of phenolic OH excluding ortho intramolecular Hbond substituents is 2. The van der Waals surface area contributed by atoms with Crippen LogP contribution in [0.3, 0.4) is 0 Å². The van der Waals surface area contributed by atoms with Gasteiger partial charge in [-0.05, 0) is 30.3 Å². The second kappa shape index (κ2) is 5.52. The topological polar surface area (TPSA) is 70.0 Å². The number of aromatic hydroxyl groups is 2. The third kappa shape index (κ3) is 2.66. The molecule has 0 saturated carbocycles. The molecule has 0 unspecified atom stereocenters. The monoisotopic (exact) mass is 273 g/mol. The molecular weight excluding hydrogens is 258 g/mol. The highest BCUT2D eigenvalue weighted by atomic mass is 16.5. The van der Waals surface area contributed by atoms with Gasteiger partial charge in [0.05, 0.1) is 12.7 Å². The average molecular weight is 273 g/mol. The average Bonchev–Trinajstić information content (AvgIpc) is 2.48. The van der Waals surface area contributed by atoms with Gasteiger partial charge in [-0.25, -0.2) is 0 Å². The molecule has 5 heteroatoms. The number of methoxy groups -OCH3 is 1. The van der Waals surface area contributed by atoms with Crippen LogP contribution in [0.25, 0.3) is 0 Å². The molecule has 0 aliphatic rings. The number of ether oxygens (including phenoxy) is 1. The van der Waals surface area contributed by atoms with Gasteiger partial charge in [0.2, 0.25) is 0 Å². The SMILES string of the molecule is COc1cccc(N(C)C(=O)c2cc(O)ccc2O)c1. The molecule has 0 aromatic heterocycles. The molecule has 20 heavy (non-hydrogen) atoms. The molecule has 2 aromatic rings. The lowest BCUT2D eigenvalue weighted by atomic mass is 10.1. The Labute approximate surface area is 116 Å². The molecule has 0 heterocycles. The standard InChI is InChI=1S/C15H15NO4/c1-16(10-4-3-5-12(8-10)20-2)15(19)13-9-11(17)6-7-14(13)18/h3-9,17-18H,1-2H3. The van der Waals surface area contributed by atoms with Crippen LogP contribution in [0.5, 0.6) is 17.2 Å². The van der Waals surface area contributed by atoms with E-state index >= 15 is 0 Å². The molecule has 2 N–H and O–H groups in total. The van der Waals surface area contributed by atoms with Crippen LogP contribution in [0.4, 0.5) is 5.69 Å². The summed E-state index contributed by atoms with van der Waals surface area (Å²) in [6, 6.07) is 10.8. The summed E-state index contributed by atoms with van der Waals surface area (Å²) in [6.07, 6.45) is 0. The summed E-state index contributed by atoms with van der Waals surface area (Å²) in [4.78, 5) is 13.7. The van der Waals surface area contributed by atoms with Crippen molar-refractivity contribution in [2.75, 3.05) is 19.1 Å². The number of hydrogen-bond acceptors (Lipinski definition) is 4. The van der Waals surface area contributed by atoms with E-state index in [0.717, 1.165) is 0 Å². The fraction of sp³-hybridized carbons (Fsp3) is 0.133. The van der Waals surface area contributed by atoms with Crippen LogP contribution in [0.2, 0.25) is 0 Å². The number of phenols is 2. The van der Waals surface area contributed by atoms with E-state index in [-0.39, 0.29) is 17.1 Å². The quantitative estimate of drug-likeness (QED) is 0.842. The predicted molar refractivity (Wildman–Crippen MR) is 75.5 cm³/mol. The normalized spacial score (nSPS) is 10.1. The van der Waals surface area contributed by atoms with Crippen molar-refractivity contribution in [1.82, 2.24) is 0 Å². The number of hydrogen-bond donors (Lipinski definition) is 2. The number of anilines is 1. The summed E-state index contributed by atoms with van der Waals surface area (Å²) in [5, 5.41) is 19.1. The zero-order valence-electron chi connectivity index (χ0n) is 11.2. The molecule has 0 bridgehead atoms. The van der Waals surface area contributed by atoms with Crippen molar-refractivity contribution in [3.05, 3.63) is 48.0 Å². The Balaban J connectivity index is 2.34. The highest BCUT2D eigenvalue weighted by molar-refractivity contribution is 6.07. The van der Waals surface area contributed by atoms with Crippen molar-refractivity contribution < 1.29 is 19.7 Å². The number of benzene rings is 2. The van der Waals surface area contributed by atoms with E-state index in [1.54, 1.807) is 38.4 Å². The molecule has 2 aromatic carbocycles. The number of rotatable bonds is 3. The minimum absolute atomic E-state index is 0.0373. The van der Waals surface area contributed by atoms with Crippen molar-refractivity contribution >= 4 is 11.6 Å². The lowest BCUT2D eigenvalue weighted by Gasteiger charge is -2.18. The lowest BCUT2D eigenvalue weighted by Crippen LogP contribution is -2.26. The van der Waals surface area contributed by atoms with E-state index in [9.17, 15) is 15.0 Å². The second-order valence-electron chi connectivity index (χ2n) is 4.27. The Bertz CT molecular complexity index is 640. The van der Waals surface area contributed by atoms with Crippen LogP contribution in [-0.2, 0) is 0 Å². The van der Waals surface area contributed by atoms with Crippen molar-refractivity contribution in [3.63, 3.8) is 0 Å². The van der Waals surface area contributed by atoms with Gasteiger partial charge in [-0.1, -0.05) is 6.07 Å². The molecule has 2 rings (SSSR count). The number of carbonyl (C=O) groups is 1. The molecule has 1 amide bonds. The Hall–Kier alpha value is -2.69. The molecule has 0 radical (unpaired) electrons. The Morgan fingerprint density at radius 1 is 1.15 bits per heavy atom. The van der Waals surface area contributed by atoms with E-state index in [2.05, 4.69) is 0 Å². The van der Waals surface area contributed by atoms with E-state index in [1.165, 1.54) is 23.1 Å². The van der Waals surface area contributed by atoms with Crippen LogP contribution in [0, 0.1) is 0 Å². The number of nitrogens with zero attached hydrogens (tertiary/aromatic N) is 1.